The van der Waals surface area contributed by atoms with E-state index >= 15 is 0 Å². The van der Waals surface area contributed by atoms with E-state index in [-0.39, 0.29) is 82.4 Å². The SMILES string of the molecule is C[C@H](NC(=O)[C@H](CCCN=C(N)N)NC(=O)CNC(=O)[C@@H](N)CS)C(=O)N1CCC[C@H]1C(=O)N[C@@H](CCCN=C(N)N)C(=O)N[C@@H](CO)C(=O)N1CCC[C@H]1C(=O)O. The molecule has 2 heterocycles. The second-order valence-electron chi connectivity index (χ2n) is 13.8. The highest BCUT2D eigenvalue weighted by Gasteiger charge is 2.40. The molecule has 7 amide bonds. The summed E-state index contributed by atoms with van der Waals surface area (Å²) < 4.78 is 0. The molecular formula is C33H58N14O10S. The highest BCUT2D eigenvalue weighted by molar-refractivity contribution is 7.80. The predicted octanol–water partition coefficient (Wildman–Crippen LogP) is -6.52. The lowest BCUT2D eigenvalue weighted by molar-refractivity contribution is -0.150. The Balaban J connectivity index is 2.17. The summed E-state index contributed by atoms with van der Waals surface area (Å²) in [4.78, 5) is 114. The number of hydrogen-bond acceptors (Lipinski definition) is 13. The quantitative estimate of drug-likeness (QED) is 0.0197. The molecule has 17 N–H and O–H groups in total. The highest BCUT2D eigenvalue weighted by Crippen LogP contribution is 2.20. The fourth-order valence-electron chi connectivity index (χ4n) is 6.31. The monoisotopic (exact) mass is 842 g/mol. The molecule has 58 heavy (non-hydrogen) atoms. The Morgan fingerprint density at radius 3 is 1.78 bits per heavy atom. The van der Waals surface area contributed by atoms with Crippen LogP contribution in [-0.4, -0.2) is 167 Å². The molecule has 0 aliphatic carbocycles. The van der Waals surface area contributed by atoms with E-state index in [1.807, 2.05) is 0 Å². The number of aliphatic carboxylic acids is 1. The molecule has 0 aromatic heterocycles. The highest BCUT2D eigenvalue weighted by atomic mass is 32.1. The topological polar surface area (TPSA) is 398 Å². The van der Waals surface area contributed by atoms with Gasteiger partial charge in [0.15, 0.2) is 11.9 Å². The van der Waals surface area contributed by atoms with Gasteiger partial charge in [-0.15, -0.1) is 0 Å². The van der Waals surface area contributed by atoms with Crippen molar-refractivity contribution in [3.63, 3.8) is 0 Å². The number of thiol groups is 1. The van der Waals surface area contributed by atoms with Crippen molar-refractivity contribution in [3.05, 3.63) is 0 Å². The molecule has 2 rings (SSSR count). The molecule has 0 aromatic carbocycles. The third-order valence-electron chi connectivity index (χ3n) is 9.32. The van der Waals surface area contributed by atoms with Gasteiger partial charge in [-0.3, -0.25) is 43.5 Å². The summed E-state index contributed by atoms with van der Waals surface area (Å²) in [7, 11) is 0. The Bertz CT molecular complexity index is 1540. The van der Waals surface area contributed by atoms with Gasteiger partial charge in [-0.25, -0.2) is 4.79 Å². The molecule has 0 aromatic rings. The minimum absolute atomic E-state index is 0.0305. The van der Waals surface area contributed by atoms with Crippen molar-refractivity contribution in [2.45, 2.75) is 101 Å². The fourth-order valence-corrected chi connectivity index (χ4v) is 6.48. The minimum atomic E-state index is -1.51. The number of guanidine groups is 2. The summed E-state index contributed by atoms with van der Waals surface area (Å²) in [5.41, 5.74) is 27.2. The normalized spacial score (nSPS) is 18.7. The zero-order valence-corrected chi connectivity index (χ0v) is 33.3. The van der Waals surface area contributed by atoms with Gasteiger partial charge in [-0.05, 0) is 58.3 Å². The molecule has 326 valence electrons. The maximum atomic E-state index is 13.7. The number of nitrogens with two attached hydrogens (primary N) is 5. The average molecular weight is 843 g/mol. The maximum absolute atomic E-state index is 13.7. The van der Waals surface area contributed by atoms with Gasteiger partial charge in [0.25, 0.3) is 0 Å². The molecule has 0 spiro atoms. The Kier molecular flexibility index (Phi) is 20.5. The summed E-state index contributed by atoms with van der Waals surface area (Å²) in [5.74, 6) is -6.65. The smallest absolute Gasteiger partial charge is 0.326 e. The van der Waals surface area contributed by atoms with E-state index in [2.05, 4.69) is 49.2 Å². The Labute approximate surface area is 340 Å². The summed E-state index contributed by atoms with van der Waals surface area (Å²) >= 11 is 3.94. The van der Waals surface area contributed by atoms with Gasteiger partial charge in [-0.2, -0.15) is 12.6 Å². The second-order valence-corrected chi connectivity index (χ2v) is 14.1. The van der Waals surface area contributed by atoms with Crippen LogP contribution in [0.15, 0.2) is 9.98 Å². The number of hydrogen-bond donors (Lipinski definition) is 13. The average Bonchev–Trinajstić information content (AvgIpc) is 3.88. The van der Waals surface area contributed by atoms with E-state index in [4.69, 9.17) is 28.7 Å². The molecule has 0 unspecified atom stereocenters. The molecule has 0 bridgehead atoms. The Morgan fingerprint density at radius 1 is 0.741 bits per heavy atom. The summed E-state index contributed by atoms with van der Waals surface area (Å²) in [6.45, 7) is 0.510. The van der Waals surface area contributed by atoms with E-state index in [9.17, 15) is 48.6 Å². The van der Waals surface area contributed by atoms with E-state index in [1.54, 1.807) is 0 Å². The van der Waals surface area contributed by atoms with Gasteiger partial charge in [-0.1, -0.05) is 0 Å². The molecule has 2 aliphatic rings. The molecule has 24 nitrogen and oxygen atoms in total. The molecule has 2 aliphatic heterocycles. The molecule has 2 fully saturated rings. The number of nitrogens with zero attached hydrogens (tertiary/aromatic N) is 4. The number of amides is 7. The van der Waals surface area contributed by atoms with Crippen LogP contribution in [0.4, 0.5) is 0 Å². The molecule has 7 atom stereocenters. The van der Waals surface area contributed by atoms with Crippen molar-refractivity contribution in [2.75, 3.05) is 45.1 Å². The number of carbonyl (C=O) groups is 8. The van der Waals surface area contributed by atoms with Crippen LogP contribution in [0.2, 0.25) is 0 Å². The number of carbonyl (C=O) groups excluding carboxylic acids is 7. The van der Waals surface area contributed by atoms with Gasteiger partial charge in [0, 0.05) is 31.9 Å². The predicted molar refractivity (Wildman–Crippen MR) is 212 cm³/mol. The molecule has 0 radical (unpaired) electrons. The van der Waals surface area contributed by atoms with Crippen LogP contribution >= 0.6 is 12.6 Å². The lowest BCUT2D eigenvalue weighted by Gasteiger charge is -2.30. The molecular weight excluding hydrogens is 785 g/mol. The van der Waals surface area contributed by atoms with Gasteiger partial charge in [0.05, 0.1) is 19.2 Å². The summed E-state index contributed by atoms with van der Waals surface area (Å²) in [6, 6.07) is -8.32. The van der Waals surface area contributed by atoms with Gasteiger partial charge < -0.3 is 75.3 Å². The first-order chi connectivity index (χ1) is 27.4. The number of aliphatic imine (C=N–C) groups is 2. The number of aliphatic hydroxyl groups is 1. The lowest BCUT2D eigenvalue weighted by atomic mass is 10.1. The third-order valence-corrected chi connectivity index (χ3v) is 9.71. The third kappa shape index (κ3) is 15.5. The van der Waals surface area contributed by atoms with Crippen molar-refractivity contribution in [2.24, 2.45) is 38.7 Å². The molecule has 25 heteroatoms. The first kappa shape index (κ1) is 48.7. The maximum Gasteiger partial charge on any atom is 0.326 e. The van der Waals surface area contributed by atoms with Gasteiger partial charge in [0.2, 0.25) is 41.4 Å². The summed E-state index contributed by atoms with van der Waals surface area (Å²) in [6.07, 6.45) is 1.69. The van der Waals surface area contributed by atoms with E-state index < -0.39 is 103 Å². The van der Waals surface area contributed by atoms with Gasteiger partial charge >= 0.3 is 5.97 Å². The van der Waals surface area contributed by atoms with Crippen LogP contribution in [0.25, 0.3) is 0 Å². The minimum Gasteiger partial charge on any atom is -0.480 e. The zero-order chi connectivity index (χ0) is 43.5. The van der Waals surface area contributed by atoms with E-state index in [0.29, 0.717) is 12.8 Å². The van der Waals surface area contributed by atoms with Crippen molar-refractivity contribution >= 4 is 71.9 Å². The Morgan fingerprint density at radius 2 is 1.26 bits per heavy atom. The van der Waals surface area contributed by atoms with Crippen LogP contribution in [0.1, 0.15) is 58.3 Å². The second kappa shape index (κ2) is 24.4. The van der Waals surface area contributed by atoms with Crippen LogP contribution in [0.5, 0.6) is 0 Å². The van der Waals surface area contributed by atoms with Crippen molar-refractivity contribution < 1.29 is 48.6 Å². The van der Waals surface area contributed by atoms with Crippen LogP contribution in [0.3, 0.4) is 0 Å². The standard InChI is InChI=1S/C33H58N14O10S/c1-17(42-26(51)19(6-2-10-39-32(35)36)43-24(49)14-41-25(50)18(34)16-58)29(54)46-12-4-8-22(46)28(53)44-20(7-3-11-40-33(37)38)27(52)45-21(15-48)30(55)47-13-5-9-23(47)31(56)57/h17-23,48,58H,2-16,34H2,1H3,(H,41,50)(H,42,51)(H,43,49)(H,44,53)(H,45,52)(H,56,57)(H4,35,36,39)(H4,37,38,40)/t17-,18-,19-,20-,21-,22-,23-/m0/s1. The number of nitrogens with one attached hydrogen (secondary N) is 5. The van der Waals surface area contributed by atoms with Crippen molar-refractivity contribution in [1.82, 2.24) is 36.4 Å². The fraction of sp³-hybridized carbons (Fsp3) is 0.697. The van der Waals surface area contributed by atoms with Crippen LogP contribution < -0.4 is 55.3 Å². The van der Waals surface area contributed by atoms with Crippen molar-refractivity contribution in [3.8, 4) is 0 Å². The number of likely N-dealkylation sites (tertiary alicyclic amines) is 2. The number of aliphatic hydroxyl groups excluding tert-OH is 1. The lowest BCUT2D eigenvalue weighted by Crippen LogP contribution is -2.59. The van der Waals surface area contributed by atoms with Gasteiger partial charge in [0.1, 0.15) is 36.3 Å². The molecule has 2 saturated heterocycles. The zero-order valence-electron chi connectivity index (χ0n) is 32.4. The number of rotatable bonds is 23. The first-order valence-corrected chi connectivity index (χ1v) is 19.4. The van der Waals surface area contributed by atoms with E-state index in [0.717, 1.165) is 4.90 Å². The number of carboxylic acids is 1. The molecule has 0 saturated carbocycles. The number of carboxylic acid groups (broad SMARTS) is 1. The van der Waals surface area contributed by atoms with Crippen molar-refractivity contribution in [1.29, 1.82) is 0 Å². The Hall–Kier alpha value is -5.43. The van der Waals surface area contributed by atoms with E-state index in [1.165, 1.54) is 11.8 Å². The van der Waals surface area contributed by atoms with Crippen LogP contribution in [-0.2, 0) is 38.4 Å². The summed E-state index contributed by atoms with van der Waals surface area (Å²) in [5, 5.41) is 32.0. The van der Waals surface area contributed by atoms with Crippen LogP contribution in [0, 0.1) is 0 Å². The first-order valence-electron chi connectivity index (χ1n) is 18.8. The largest absolute Gasteiger partial charge is 0.480 e.